The van der Waals surface area contributed by atoms with Gasteiger partial charge in [-0.15, -0.1) is 11.3 Å². The number of rotatable bonds is 5. The Balaban J connectivity index is 1.55. The lowest BCUT2D eigenvalue weighted by atomic mass is 10.1. The fourth-order valence-electron chi connectivity index (χ4n) is 1.66. The van der Waals surface area contributed by atoms with Crippen molar-refractivity contribution in [1.82, 2.24) is 10.3 Å². The van der Waals surface area contributed by atoms with Crippen LogP contribution < -0.4 is 5.32 Å². The molecule has 1 fully saturated rings. The third kappa shape index (κ3) is 3.04. The monoisotopic (exact) mass is 212 g/mol. The smallest absolute Gasteiger partial charge is 0.0794 e. The Kier molecular flexibility index (Phi) is 3.91. The molecule has 1 N–H and O–H groups in total. The van der Waals surface area contributed by atoms with Gasteiger partial charge < -0.3 is 10.1 Å². The second-order valence-electron chi connectivity index (χ2n) is 3.66. The molecule has 0 saturated carbocycles. The van der Waals surface area contributed by atoms with Gasteiger partial charge in [0.25, 0.3) is 0 Å². The molecule has 1 saturated heterocycles. The summed E-state index contributed by atoms with van der Waals surface area (Å²) in [6.45, 7) is 3.96. The largest absolute Gasteiger partial charge is 0.381 e. The molecule has 0 aliphatic carbocycles. The summed E-state index contributed by atoms with van der Waals surface area (Å²) < 4.78 is 5.32. The fourth-order valence-corrected chi connectivity index (χ4v) is 2.22. The van der Waals surface area contributed by atoms with E-state index in [-0.39, 0.29) is 0 Å². The van der Waals surface area contributed by atoms with Gasteiger partial charge >= 0.3 is 0 Å². The number of nitrogens with zero attached hydrogens (tertiary/aromatic N) is 1. The summed E-state index contributed by atoms with van der Waals surface area (Å²) in [6.07, 6.45) is 4.40. The summed E-state index contributed by atoms with van der Waals surface area (Å²) >= 11 is 1.71. The van der Waals surface area contributed by atoms with Gasteiger partial charge in [-0.2, -0.15) is 0 Å². The molecule has 1 aromatic heterocycles. The van der Waals surface area contributed by atoms with Crippen molar-refractivity contribution < 1.29 is 4.74 Å². The van der Waals surface area contributed by atoms with Crippen LogP contribution in [0.3, 0.4) is 0 Å². The van der Waals surface area contributed by atoms with Crippen molar-refractivity contribution in [2.24, 2.45) is 5.92 Å². The second-order valence-corrected chi connectivity index (χ2v) is 4.63. The Hall–Kier alpha value is -0.450. The quantitative estimate of drug-likeness (QED) is 0.754. The van der Waals surface area contributed by atoms with Crippen molar-refractivity contribution in [2.45, 2.75) is 19.4 Å². The van der Waals surface area contributed by atoms with Crippen LogP contribution in [0.1, 0.15) is 17.7 Å². The molecular formula is C10H16N2OS. The Labute approximate surface area is 88.5 Å². The van der Waals surface area contributed by atoms with Crippen molar-refractivity contribution in [1.29, 1.82) is 0 Å². The Morgan fingerprint density at radius 1 is 1.64 bits per heavy atom. The van der Waals surface area contributed by atoms with Crippen molar-refractivity contribution in [3.8, 4) is 0 Å². The van der Waals surface area contributed by atoms with Gasteiger partial charge in [0, 0.05) is 30.8 Å². The molecule has 1 unspecified atom stereocenters. The normalized spacial score (nSPS) is 21.6. The number of hydrogen-bond acceptors (Lipinski definition) is 4. The van der Waals surface area contributed by atoms with Crippen molar-refractivity contribution in [2.75, 3.05) is 19.8 Å². The van der Waals surface area contributed by atoms with Gasteiger partial charge in [0.1, 0.15) is 0 Å². The molecule has 14 heavy (non-hydrogen) atoms. The van der Waals surface area contributed by atoms with Gasteiger partial charge in [-0.05, 0) is 25.3 Å². The van der Waals surface area contributed by atoms with Gasteiger partial charge in [0.2, 0.25) is 0 Å². The van der Waals surface area contributed by atoms with Crippen LogP contribution in [0, 0.1) is 5.92 Å². The lowest BCUT2D eigenvalue weighted by Crippen LogP contribution is -2.17. The van der Waals surface area contributed by atoms with Crippen LogP contribution in [-0.2, 0) is 11.3 Å². The van der Waals surface area contributed by atoms with Crippen molar-refractivity contribution >= 4 is 11.3 Å². The minimum atomic E-state index is 0.781. The average Bonchev–Trinajstić information content (AvgIpc) is 2.86. The molecular weight excluding hydrogens is 196 g/mol. The van der Waals surface area contributed by atoms with Gasteiger partial charge in [-0.3, -0.25) is 4.98 Å². The minimum absolute atomic E-state index is 0.781. The molecule has 4 heteroatoms. The first-order valence-corrected chi connectivity index (χ1v) is 5.99. The zero-order chi connectivity index (χ0) is 9.64. The minimum Gasteiger partial charge on any atom is -0.381 e. The van der Waals surface area contributed by atoms with E-state index >= 15 is 0 Å². The number of aromatic nitrogens is 1. The van der Waals surface area contributed by atoms with E-state index in [2.05, 4.69) is 10.3 Å². The van der Waals surface area contributed by atoms with Crippen LogP contribution in [0.15, 0.2) is 11.7 Å². The predicted octanol–water partition coefficient (Wildman–Crippen LogP) is 1.66. The highest BCUT2D eigenvalue weighted by atomic mass is 32.1. The number of ether oxygens (including phenoxy) is 1. The lowest BCUT2D eigenvalue weighted by molar-refractivity contribution is 0.184. The maximum atomic E-state index is 5.32. The molecule has 0 amide bonds. The maximum Gasteiger partial charge on any atom is 0.0794 e. The third-order valence-corrected chi connectivity index (χ3v) is 3.32. The van der Waals surface area contributed by atoms with Gasteiger partial charge in [-0.25, -0.2) is 0 Å². The van der Waals surface area contributed by atoms with Crippen LogP contribution in [0.25, 0.3) is 0 Å². The number of thiazole rings is 1. The summed E-state index contributed by atoms with van der Waals surface area (Å²) in [4.78, 5) is 5.35. The van der Waals surface area contributed by atoms with E-state index in [1.165, 1.54) is 17.7 Å². The zero-order valence-electron chi connectivity index (χ0n) is 8.24. The Morgan fingerprint density at radius 2 is 2.64 bits per heavy atom. The fraction of sp³-hybridized carbons (Fsp3) is 0.700. The van der Waals surface area contributed by atoms with Crippen LogP contribution >= 0.6 is 11.3 Å². The summed E-state index contributed by atoms with van der Waals surface area (Å²) in [5, 5.41) is 3.43. The SMILES string of the molecule is c1ncc(CNCCC2CCOC2)s1. The summed E-state index contributed by atoms with van der Waals surface area (Å²) in [5.41, 5.74) is 1.88. The molecule has 1 aromatic rings. The highest BCUT2D eigenvalue weighted by Gasteiger charge is 2.14. The van der Waals surface area contributed by atoms with E-state index in [4.69, 9.17) is 4.74 Å². The van der Waals surface area contributed by atoms with Crippen LogP contribution in [0.2, 0.25) is 0 Å². The van der Waals surface area contributed by atoms with E-state index in [9.17, 15) is 0 Å². The zero-order valence-corrected chi connectivity index (χ0v) is 9.05. The maximum absolute atomic E-state index is 5.32. The van der Waals surface area contributed by atoms with Crippen LogP contribution in [0.5, 0.6) is 0 Å². The predicted molar refractivity (Wildman–Crippen MR) is 57.4 cm³/mol. The summed E-state index contributed by atoms with van der Waals surface area (Å²) in [5.74, 6) is 0.781. The van der Waals surface area contributed by atoms with Gasteiger partial charge in [0.15, 0.2) is 0 Å². The molecule has 78 valence electrons. The highest BCUT2D eigenvalue weighted by Crippen LogP contribution is 2.15. The molecule has 1 aliphatic rings. The van der Waals surface area contributed by atoms with Crippen LogP contribution in [0.4, 0.5) is 0 Å². The molecule has 1 atom stereocenters. The molecule has 0 radical (unpaired) electrons. The van der Waals surface area contributed by atoms with E-state index in [0.29, 0.717) is 0 Å². The second kappa shape index (κ2) is 5.44. The van der Waals surface area contributed by atoms with E-state index < -0.39 is 0 Å². The average molecular weight is 212 g/mol. The lowest BCUT2D eigenvalue weighted by Gasteiger charge is -2.07. The molecule has 0 aromatic carbocycles. The molecule has 3 nitrogen and oxygen atoms in total. The standard InChI is InChI=1S/C10H16N2OS/c1(9-2-4-13-7-9)3-11-5-10-6-12-8-14-10/h6,8-9,11H,1-5,7H2. The molecule has 1 aliphatic heterocycles. The third-order valence-electron chi connectivity index (χ3n) is 2.54. The Bertz CT molecular complexity index is 245. The summed E-state index contributed by atoms with van der Waals surface area (Å²) in [6, 6.07) is 0. The van der Waals surface area contributed by atoms with Crippen LogP contribution in [-0.4, -0.2) is 24.7 Å². The van der Waals surface area contributed by atoms with E-state index in [1.54, 1.807) is 11.3 Å². The Morgan fingerprint density at radius 3 is 3.36 bits per heavy atom. The first kappa shape index (κ1) is 10.1. The van der Waals surface area contributed by atoms with Crippen molar-refractivity contribution in [3.05, 3.63) is 16.6 Å². The summed E-state index contributed by atoms with van der Waals surface area (Å²) in [7, 11) is 0. The van der Waals surface area contributed by atoms with E-state index in [1.807, 2.05) is 11.7 Å². The number of hydrogen-bond donors (Lipinski definition) is 1. The van der Waals surface area contributed by atoms with E-state index in [0.717, 1.165) is 32.2 Å². The molecule has 2 heterocycles. The molecule has 2 rings (SSSR count). The van der Waals surface area contributed by atoms with Gasteiger partial charge in [-0.1, -0.05) is 0 Å². The molecule has 0 bridgehead atoms. The number of nitrogens with one attached hydrogen (secondary N) is 1. The highest BCUT2D eigenvalue weighted by molar-refractivity contribution is 7.09. The van der Waals surface area contributed by atoms with Gasteiger partial charge in [0.05, 0.1) is 5.51 Å². The van der Waals surface area contributed by atoms with Crippen molar-refractivity contribution in [3.63, 3.8) is 0 Å². The first-order chi connectivity index (χ1) is 6.95. The molecule has 0 spiro atoms. The topological polar surface area (TPSA) is 34.2 Å². The first-order valence-electron chi connectivity index (χ1n) is 5.11.